The van der Waals surface area contributed by atoms with Gasteiger partial charge in [0.1, 0.15) is 0 Å². The van der Waals surface area contributed by atoms with Crippen LogP contribution in [-0.2, 0) is 5.88 Å². The molecule has 1 nitrogen and oxygen atoms in total. The van der Waals surface area contributed by atoms with E-state index in [0.29, 0.717) is 5.88 Å². The minimum Gasteiger partial charge on any atom is -0.370 e. The molecule has 1 aromatic carbocycles. The predicted molar refractivity (Wildman–Crippen MR) is 76.7 cm³/mol. The van der Waals surface area contributed by atoms with Crippen LogP contribution in [0.15, 0.2) is 22.7 Å². The summed E-state index contributed by atoms with van der Waals surface area (Å²) in [6, 6.07) is 6.50. The Morgan fingerprint density at radius 2 is 1.94 bits per heavy atom. The second-order valence-electron chi connectivity index (χ2n) is 5.28. The van der Waals surface area contributed by atoms with Gasteiger partial charge in [0.25, 0.3) is 0 Å². The average Bonchev–Trinajstić information content (AvgIpc) is 2.89. The highest BCUT2D eigenvalue weighted by atomic mass is 79.9. The summed E-state index contributed by atoms with van der Waals surface area (Å²) in [4.78, 5) is 2.54. The summed E-state index contributed by atoms with van der Waals surface area (Å²) in [5, 5.41) is 0. The highest BCUT2D eigenvalue weighted by molar-refractivity contribution is 9.10. The molecule has 92 valence electrons. The van der Waals surface area contributed by atoms with Crippen molar-refractivity contribution in [1.29, 1.82) is 0 Å². The zero-order valence-corrected chi connectivity index (χ0v) is 12.2. The SMILES string of the molecule is ClCc1ccc(N2CC3CCCC3C2)c(Br)c1. The van der Waals surface area contributed by atoms with E-state index in [2.05, 4.69) is 39.0 Å². The molecule has 2 unspecified atom stereocenters. The minimum atomic E-state index is 0.587. The molecule has 1 aromatic rings. The van der Waals surface area contributed by atoms with Gasteiger partial charge < -0.3 is 4.90 Å². The van der Waals surface area contributed by atoms with Crippen molar-refractivity contribution in [3.63, 3.8) is 0 Å². The average molecular weight is 315 g/mol. The smallest absolute Gasteiger partial charge is 0.0511 e. The van der Waals surface area contributed by atoms with Crippen molar-refractivity contribution in [2.45, 2.75) is 25.1 Å². The Morgan fingerprint density at radius 1 is 1.24 bits per heavy atom. The fraction of sp³-hybridized carbons (Fsp3) is 0.571. The molecule has 2 atom stereocenters. The van der Waals surface area contributed by atoms with Crippen molar-refractivity contribution in [1.82, 2.24) is 0 Å². The lowest BCUT2D eigenvalue weighted by molar-refractivity contribution is 0.494. The highest BCUT2D eigenvalue weighted by Gasteiger charge is 2.36. The molecular weight excluding hydrogens is 298 g/mol. The van der Waals surface area contributed by atoms with E-state index in [4.69, 9.17) is 11.6 Å². The van der Waals surface area contributed by atoms with Crippen molar-refractivity contribution in [3.8, 4) is 0 Å². The number of hydrogen-bond donors (Lipinski definition) is 0. The Morgan fingerprint density at radius 3 is 2.53 bits per heavy atom. The molecule has 2 aliphatic rings. The van der Waals surface area contributed by atoms with E-state index in [1.807, 2.05) is 0 Å². The van der Waals surface area contributed by atoms with Crippen LogP contribution < -0.4 is 4.90 Å². The van der Waals surface area contributed by atoms with Gasteiger partial charge in [0.15, 0.2) is 0 Å². The number of fused-ring (bicyclic) bond motifs is 1. The fourth-order valence-corrected chi connectivity index (χ4v) is 4.16. The van der Waals surface area contributed by atoms with E-state index in [9.17, 15) is 0 Å². The molecule has 0 spiro atoms. The third kappa shape index (κ3) is 2.22. The van der Waals surface area contributed by atoms with Crippen LogP contribution in [0, 0.1) is 11.8 Å². The lowest BCUT2D eigenvalue weighted by Crippen LogP contribution is -2.21. The molecule has 2 fully saturated rings. The van der Waals surface area contributed by atoms with E-state index in [0.717, 1.165) is 11.8 Å². The number of hydrogen-bond acceptors (Lipinski definition) is 1. The third-order valence-corrected chi connectivity index (χ3v) is 5.18. The minimum absolute atomic E-state index is 0.587. The normalized spacial score (nSPS) is 27.5. The molecule has 1 aliphatic carbocycles. The van der Waals surface area contributed by atoms with E-state index in [-0.39, 0.29) is 0 Å². The Kier molecular flexibility index (Phi) is 3.36. The summed E-state index contributed by atoms with van der Waals surface area (Å²) < 4.78 is 1.19. The van der Waals surface area contributed by atoms with Gasteiger partial charge in [-0.2, -0.15) is 0 Å². The molecule has 0 N–H and O–H groups in total. The van der Waals surface area contributed by atoms with Gasteiger partial charge in [-0.05, 0) is 58.3 Å². The molecule has 17 heavy (non-hydrogen) atoms. The first-order chi connectivity index (χ1) is 8.28. The quantitative estimate of drug-likeness (QED) is 0.730. The number of alkyl halides is 1. The van der Waals surface area contributed by atoms with Crippen molar-refractivity contribution in [2.24, 2.45) is 11.8 Å². The maximum Gasteiger partial charge on any atom is 0.0511 e. The van der Waals surface area contributed by atoms with Crippen molar-refractivity contribution in [2.75, 3.05) is 18.0 Å². The highest BCUT2D eigenvalue weighted by Crippen LogP contribution is 2.41. The second kappa shape index (κ2) is 4.81. The molecule has 3 rings (SSSR count). The summed E-state index contributed by atoms with van der Waals surface area (Å²) in [7, 11) is 0. The Labute approximate surface area is 116 Å². The standard InChI is InChI=1S/C14H17BrClN/c15-13-6-10(7-16)4-5-14(13)17-8-11-2-1-3-12(11)9-17/h4-6,11-12H,1-3,7-9H2. The number of halogens is 2. The maximum atomic E-state index is 5.85. The van der Waals surface area contributed by atoms with Crippen LogP contribution in [-0.4, -0.2) is 13.1 Å². The molecule has 3 heteroatoms. The van der Waals surface area contributed by atoms with E-state index in [1.54, 1.807) is 0 Å². The molecule has 1 aliphatic heterocycles. The van der Waals surface area contributed by atoms with Gasteiger partial charge in [0.05, 0.1) is 5.69 Å². The molecule has 0 aromatic heterocycles. The third-order valence-electron chi connectivity index (χ3n) is 4.23. The number of rotatable bonds is 2. The van der Waals surface area contributed by atoms with Gasteiger partial charge in [-0.1, -0.05) is 12.5 Å². The van der Waals surface area contributed by atoms with Crippen LogP contribution in [0.2, 0.25) is 0 Å². The fourth-order valence-electron chi connectivity index (χ4n) is 3.32. The monoisotopic (exact) mass is 313 g/mol. The summed E-state index contributed by atoms with van der Waals surface area (Å²) in [6.45, 7) is 2.48. The summed E-state index contributed by atoms with van der Waals surface area (Å²) in [5.41, 5.74) is 2.52. The topological polar surface area (TPSA) is 3.24 Å². The van der Waals surface area contributed by atoms with Crippen molar-refractivity contribution < 1.29 is 0 Å². The van der Waals surface area contributed by atoms with Crippen LogP contribution in [0.5, 0.6) is 0 Å². The molecular formula is C14H17BrClN. The molecule has 1 saturated heterocycles. The second-order valence-corrected chi connectivity index (χ2v) is 6.40. The van der Waals surface area contributed by atoms with Crippen LogP contribution in [0.25, 0.3) is 0 Å². The molecule has 1 heterocycles. The lowest BCUT2D eigenvalue weighted by Gasteiger charge is -2.21. The summed E-state index contributed by atoms with van der Waals surface area (Å²) in [6.07, 6.45) is 4.30. The van der Waals surface area contributed by atoms with E-state index in [1.165, 1.54) is 48.1 Å². The largest absolute Gasteiger partial charge is 0.370 e. The zero-order valence-electron chi connectivity index (χ0n) is 9.83. The Balaban J connectivity index is 1.81. The number of benzene rings is 1. The van der Waals surface area contributed by atoms with Crippen LogP contribution >= 0.6 is 27.5 Å². The summed E-state index contributed by atoms with van der Waals surface area (Å²) in [5.74, 6) is 2.47. The Bertz CT molecular complexity index is 409. The lowest BCUT2D eigenvalue weighted by atomic mass is 10.0. The predicted octanol–water partition coefficient (Wildman–Crippen LogP) is 4.42. The first kappa shape index (κ1) is 11.9. The van der Waals surface area contributed by atoms with Gasteiger partial charge >= 0.3 is 0 Å². The van der Waals surface area contributed by atoms with Crippen LogP contribution in [0.1, 0.15) is 24.8 Å². The van der Waals surface area contributed by atoms with E-state index >= 15 is 0 Å². The molecule has 0 bridgehead atoms. The first-order valence-corrected chi connectivity index (χ1v) is 7.70. The van der Waals surface area contributed by atoms with Crippen molar-refractivity contribution >= 4 is 33.2 Å². The molecule has 0 amide bonds. The van der Waals surface area contributed by atoms with Gasteiger partial charge in [-0.25, -0.2) is 0 Å². The molecule has 0 radical (unpaired) electrons. The van der Waals surface area contributed by atoms with Crippen LogP contribution in [0.3, 0.4) is 0 Å². The Hall–Kier alpha value is -0.210. The van der Waals surface area contributed by atoms with Gasteiger partial charge in [0, 0.05) is 23.4 Å². The molecule has 1 saturated carbocycles. The van der Waals surface area contributed by atoms with Gasteiger partial charge in [-0.15, -0.1) is 11.6 Å². The van der Waals surface area contributed by atoms with Gasteiger partial charge in [0.2, 0.25) is 0 Å². The zero-order chi connectivity index (χ0) is 11.8. The van der Waals surface area contributed by atoms with Crippen molar-refractivity contribution in [3.05, 3.63) is 28.2 Å². The van der Waals surface area contributed by atoms with Crippen LogP contribution in [0.4, 0.5) is 5.69 Å². The first-order valence-electron chi connectivity index (χ1n) is 6.37. The number of anilines is 1. The number of nitrogens with zero attached hydrogens (tertiary/aromatic N) is 1. The summed E-state index contributed by atoms with van der Waals surface area (Å²) >= 11 is 9.53. The van der Waals surface area contributed by atoms with E-state index < -0.39 is 0 Å². The maximum absolute atomic E-state index is 5.85. The van der Waals surface area contributed by atoms with Gasteiger partial charge in [-0.3, -0.25) is 0 Å².